The summed E-state index contributed by atoms with van der Waals surface area (Å²) in [4.78, 5) is 13.8. The quantitative estimate of drug-likeness (QED) is 0.315. The Bertz CT molecular complexity index is 1200. The number of nitrogens with one attached hydrogen (secondary N) is 1. The van der Waals surface area contributed by atoms with E-state index in [-0.39, 0.29) is 24.6 Å². The van der Waals surface area contributed by atoms with Gasteiger partial charge in [-0.15, -0.1) is 11.8 Å². The largest absolute Gasteiger partial charge is 0.497 e. The van der Waals surface area contributed by atoms with Gasteiger partial charge in [0.05, 0.1) is 24.2 Å². The minimum atomic E-state index is -3.95. The molecule has 0 spiro atoms. The van der Waals surface area contributed by atoms with E-state index in [1.54, 1.807) is 55.6 Å². The highest BCUT2D eigenvalue weighted by atomic mass is 32.2. The normalized spacial score (nSPS) is 11.0. The Morgan fingerprint density at radius 2 is 1.68 bits per heavy atom. The van der Waals surface area contributed by atoms with Crippen LogP contribution in [0.2, 0.25) is 0 Å². The van der Waals surface area contributed by atoms with Crippen LogP contribution in [0.4, 0.5) is 5.69 Å². The third-order valence-electron chi connectivity index (χ3n) is 4.99. The minimum absolute atomic E-state index is 0.125. The number of methoxy groups -OCH3 is 1. The fourth-order valence-electron chi connectivity index (χ4n) is 3.14. The first kappa shape index (κ1) is 25.5. The number of amides is 1. The van der Waals surface area contributed by atoms with Gasteiger partial charge in [0.1, 0.15) is 24.7 Å². The maximum Gasteiger partial charge on any atom is 0.264 e. The number of aryl methyl sites for hydroxylation is 1. The predicted molar refractivity (Wildman–Crippen MR) is 135 cm³/mol. The molecule has 0 unspecified atom stereocenters. The second-order valence-electron chi connectivity index (χ2n) is 7.40. The van der Waals surface area contributed by atoms with Gasteiger partial charge >= 0.3 is 0 Å². The summed E-state index contributed by atoms with van der Waals surface area (Å²) < 4.78 is 38.8. The standard InChI is InChI=1S/C25H28N2O5S2/c1-19-7-9-20(10-8-19)27(34(29,30)24-13-11-23(33-3)12-14-24)18-25(28)26-15-16-32-22-6-4-5-21(17-22)31-2/h4-14,17H,15-16,18H2,1-3H3,(H,26,28). The number of nitrogens with zero attached hydrogens (tertiary/aromatic N) is 1. The maximum atomic E-state index is 13.4. The Hall–Kier alpha value is -3.17. The molecule has 0 fully saturated rings. The molecule has 3 aromatic carbocycles. The number of hydrogen-bond donors (Lipinski definition) is 1. The van der Waals surface area contributed by atoms with E-state index in [0.717, 1.165) is 14.8 Å². The van der Waals surface area contributed by atoms with Crippen LogP contribution in [0.5, 0.6) is 11.5 Å². The predicted octanol–water partition coefficient (Wildman–Crippen LogP) is 4.12. The highest BCUT2D eigenvalue weighted by Crippen LogP contribution is 2.25. The molecule has 0 heterocycles. The molecule has 1 amide bonds. The molecule has 0 radical (unpaired) electrons. The van der Waals surface area contributed by atoms with Crippen molar-refractivity contribution in [2.45, 2.75) is 16.7 Å². The van der Waals surface area contributed by atoms with E-state index in [9.17, 15) is 13.2 Å². The number of sulfonamides is 1. The van der Waals surface area contributed by atoms with Gasteiger partial charge in [-0.05, 0) is 61.7 Å². The lowest BCUT2D eigenvalue weighted by Crippen LogP contribution is -2.41. The number of anilines is 1. The molecule has 1 N–H and O–H groups in total. The topological polar surface area (TPSA) is 84.9 Å². The lowest BCUT2D eigenvalue weighted by molar-refractivity contribution is -0.119. The first-order valence-corrected chi connectivity index (χ1v) is 13.3. The molecule has 0 saturated heterocycles. The van der Waals surface area contributed by atoms with E-state index in [2.05, 4.69) is 5.32 Å². The first-order chi connectivity index (χ1) is 16.3. The van der Waals surface area contributed by atoms with Crippen LogP contribution in [-0.2, 0) is 14.8 Å². The summed E-state index contributed by atoms with van der Waals surface area (Å²) in [5.41, 5.74) is 1.41. The maximum absolute atomic E-state index is 13.4. The molecule has 0 aliphatic heterocycles. The number of carbonyl (C=O) groups is 1. The van der Waals surface area contributed by atoms with Gasteiger partial charge in [0.2, 0.25) is 5.91 Å². The van der Waals surface area contributed by atoms with Gasteiger partial charge in [-0.3, -0.25) is 9.10 Å². The SMILES string of the molecule is COc1cccc(OCCNC(=O)CN(c2ccc(C)cc2)S(=O)(=O)c2ccc(SC)cc2)c1. The summed E-state index contributed by atoms with van der Waals surface area (Å²) in [6, 6.07) is 20.8. The third-order valence-corrected chi connectivity index (χ3v) is 7.52. The fraction of sp³-hybridized carbons (Fsp3) is 0.240. The Morgan fingerprint density at radius 3 is 2.32 bits per heavy atom. The van der Waals surface area contributed by atoms with Crippen LogP contribution in [0.1, 0.15) is 5.56 Å². The van der Waals surface area contributed by atoms with Crippen LogP contribution in [0.3, 0.4) is 0 Å². The zero-order valence-electron chi connectivity index (χ0n) is 19.4. The van der Waals surface area contributed by atoms with E-state index in [1.807, 2.05) is 37.4 Å². The molecular weight excluding hydrogens is 472 g/mol. The zero-order chi connectivity index (χ0) is 24.6. The van der Waals surface area contributed by atoms with Crippen molar-refractivity contribution >= 4 is 33.4 Å². The van der Waals surface area contributed by atoms with E-state index in [1.165, 1.54) is 11.8 Å². The molecule has 3 aromatic rings. The lowest BCUT2D eigenvalue weighted by Gasteiger charge is -2.24. The van der Waals surface area contributed by atoms with Crippen LogP contribution in [0.15, 0.2) is 82.6 Å². The Kier molecular flexibility index (Phi) is 8.84. The van der Waals surface area contributed by atoms with Crippen LogP contribution in [0, 0.1) is 6.92 Å². The zero-order valence-corrected chi connectivity index (χ0v) is 21.0. The van der Waals surface area contributed by atoms with E-state index in [4.69, 9.17) is 9.47 Å². The molecule has 7 nitrogen and oxygen atoms in total. The second-order valence-corrected chi connectivity index (χ2v) is 10.1. The first-order valence-electron chi connectivity index (χ1n) is 10.6. The average Bonchev–Trinajstić information content (AvgIpc) is 2.86. The Morgan fingerprint density at radius 1 is 1.00 bits per heavy atom. The molecule has 3 rings (SSSR count). The number of thioether (sulfide) groups is 1. The molecule has 0 aliphatic rings. The van der Waals surface area contributed by atoms with Crippen molar-refractivity contribution in [2.24, 2.45) is 0 Å². The minimum Gasteiger partial charge on any atom is -0.497 e. The smallest absolute Gasteiger partial charge is 0.264 e. The van der Waals surface area contributed by atoms with Gasteiger partial charge in [0.25, 0.3) is 10.0 Å². The van der Waals surface area contributed by atoms with E-state index < -0.39 is 15.9 Å². The molecule has 0 saturated carbocycles. The number of rotatable bonds is 11. The summed E-state index contributed by atoms with van der Waals surface area (Å²) in [5, 5.41) is 2.73. The number of hydrogen-bond acceptors (Lipinski definition) is 6. The van der Waals surface area contributed by atoms with E-state index in [0.29, 0.717) is 17.2 Å². The fourth-order valence-corrected chi connectivity index (χ4v) is 4.97. The molecule has 34 heavy (non-hydrogen) atoms. The molecule has 0 aromatic heterocycles. The van der Waals surface area contributed by atoms with Crippen molar-refractivity contribution in [1.82, 2.24) is 5.32 Å². The Balaban J connectivity index is 1.69. The van der Waals surface area contributed by atoms with Crippen molar-refractivity contribution in [3.8, 4) is 11.5 Å². The highest BCUT2D eigenvalue weighted by molar-refractivity contribution is 7.98. The van der Waals surface area contributed by atoms with Crippen LogP contribution in [-0.4, -0.2) is 47.4 Å². The summed E-state index contributed by atoms with van der Waals surface area (Å²) in [7, 11) is -2.38. The number of carbonyl (C=O) groups excluding carboxylic acids is 1. The van der Waals surface area contributed by atoms with Crippen molar-refractivity contribution in [2.75, 3.05) is 37.4 Å². The van der Waals surface area contributed by atoms with Gasteiger partial charge in [0, 0.05) is 11.0 Å². The lowest BCUT2D eigenvalue weighted by atomic mass is 10.2. The van der Waals surface area contributed by atoms with Crippen molar-refractivity contribution in [1.29, 1.82) is 0 Å². The highest BCUT2D eigenvalue weighted by Gasteiger charge is 2.27. The van der Waals surface area contributed by atoms with Crippen molar-refractivity contribution < 1.29 is 22.7 Å². The summed E-state index contributed by atoms with van der Waals surface area (Å²) in [5.74, 6) is 0.858. The summed E-state index contributed by atoms with van der Waals surface area (Å²) >= 11 is 1.53. The van der Waals surface area contributed by atoms with Gasteiger partial charge in [0.15, 0.2) is 0 Å². The van der Waals surface area contributed by atoms with Crippen LogP contribution >= 0.6 is 11.8 Å². The molecule has 0 bridgehead atoms. The third kappa shape index (κ3) is 6.68. The molecule has 0 atom stereocenters. The van der Waals surface area contributed by atoms with Gasteiger partial charge < -0.3 is 14.8 Å². The van der Waals surface area contributed by atoms with E-state index >= 15 is 0 Å². The molecular formula is C25H28N2O5S2. The molecule has 0 aliphatic carbocycles. The number of ether oxygens (including phenoxy) is 2. The van der Waals surface area contributed by atoms with Crippen LogP contribution in [0.25, 0.3) is 0 Å². The average molecular weight is 501 g/mol. The van der Waals surface area contributed by atoms with Gasteiger partial charge in [-0.2, -0.15) is 0 Å². The van der Waals surface area contributed by atoms with Crippen molar-refractivity contribution in [3.05, 3.63) is 78.4 Å². The Labute approximate surface area is 205 Å². The monoisotopic (exact) mass is 500 g/mol. The summed E-state index contributed by atoms with van der Waals surface area (Å²) in [6.07, 6.45) is 1.92. The van der Waals surface area contributed by atoms with Gasteiger partial charge in [-0.1, -0.05) is 23.8 Å². The van der Waals surface area contributed by atoms with Crippen LogP contribution < -0.4 is 19.1 Å². The molecule has 180 valence electrons. The molecule has 9 heteroatoms. The van der Waals surface area contributed by atoms with Gasteiger partial charge in [-0.25, -0.2) is 8.42 Å². The van der Waals surface area contributed by atoms with Crippen molar-refractivity contribution in [3.63, 3.8) is 0 Å². The summed E-state index contributed by atoms with van der Waals surface area (Å²) in [6.45, 7) is 2.01. The number of benzene rings is 3. The second kappa shape index (κ2) is 11.8.